The molecule has 0 spiro atoms. The monoisotopic (exact) mass is 224 g/mol. The van der Waals surface area contributed by atoms with Crippen molar-refractivity contribution < 1.29 is 9.59 Å². The first kappa shape index (κ1) is 16.7. The van der Waals surface area contributed by atoms with Crippen LogP contribution < -0.4 is 11.1 Å². The SMILES string of the molecule is CC(=O)NCc1ccccc1.CC=O.CN. The van der Waals surface area contributed by atoms with Gasteiger partial charge >= 0.3 is 0 Å². The Morgan fingerprint density at radius 2 is 1.75 bits per heavy atom. The number of hydrogen-bond donors (Lipinski definition) is 2. The van der Waals surface area contributed by atoms with Crippen LogP contribution in [0, 0.1) is 0 Å². The minimum absolute atomic E-state index is 0.00820. The van der Waals surface area contributed by atoms with Gasteiger partial charge in [-0.1, -0.05) is 30.3 Å². The van der Waals surface area contributed by atoms with Gasteiger partial charge in [0.2, 0.25) is 5.91 Å². The predicted molar refractivity (Wildman–Crippen MR) is 65.8 cm³/mol. The van der Waals surface area contributed by atoms with Crippen molar-refractivity contribution in [1.29, 1.82) is 0 Å². The molecule has 0 heterocycles. The van der Waals surface area contributed by atoms with Crippen LogP contribution in [0.1, 0.15) is 19.4 Å². The highest BCUT2D eigenvalue weighted by molar-refractivity contribution is 5.72. The minimum Gasteiger partial charge on any atom is -0.352 e. The molecule has 16 heavy (non-hydrogen) atoms. The summed E-state index contributed by atoms with van der Waals surface area (Å²) in [4.78, 5) is 19.3. The normalized spacial score (nSPS) is 7.50. The van der Waals surface area contributed by atoms with Gasteiger partial charge in [0, 0.05) is 13.5 Å². The van der Waals surface area contributed by atoms with Crippen LogP contribution in [0.4, 0.5) is 0 Å². The van der Waals surface area contributed by atoms with Crippen molar-refractivity contribution in [2.75, 3.05) is 7.05 Å². The summed E-state index contributed by atoms with van der Waals surface area (Å²) < 4.78 is 0. The molecule has 0 saturated heterocycles. The Balaban J connectivity index is 0. The summed E-state index contributed by atoms with van der Waals surface area (Å²) in [5.74, 6) is 0.00820. The second-order valence-corrected chi connectivity index (χ2v) is 2.63. The summed E-state index contributed by atoms with van der Waals surface area (Å²) in [6, 6.07) is 9.83. The molecule has 0 aliphatic rings. The van der Waals surface area contributed by atoms with Crippen molar-refractivity contribution in [1.82, 2.24) is 5.32 Å². The number of nitrogens with one attached hydrogen (secondary N) is 1. The maximum atomic E-state index is 10.5. The number of rotatable bonds is 2. The zero-order valence-electron chi connectivity index (χ0n) is 10.1. The Bertz CT molecular complexity index is 274. The van der Waals surface area contributed by atoms with Gasteiger partial charge in [-0.25, -0.2) is 0 Å². The molecule has 1 rings (SSSR count). The predicted octanol–water partition coefficient (Wildman–Crippen LogP) is 1.10. The summed E-state index contributed by atoms with van der Waals surface area (Å²) in [6.45, 7) is 3.58. The fourth-order valence-corrected chi connectivity index (χ4v) is 0.822. The molecule has 1 amide bonds. The largest absolute Gasteiger partial charge is 0.352 e. The first-order chi connectivity index (χ1) is 7.70. The number of carbonyl (C=O) groups is 2. The molecule has 0 aromatic heterocycles. The van der Waals surface area contributed by atoms with Crippen LogP contribution in [0.5, 0.6) is 0 Å². The fourth-order valence-electron chi connectivity index (χ4n) is 0.822. The second-order valence-electron chi connectivity index (χ2n) is 2.63. The van der Waals surface area contributed by atoms with Gasteiger partial charge in [0.15, 0.2) is 0 Å². The molecule has 4 nitrogen and oxygen atoms in total. The standard InChI is InChI=1S/C9H11NO.C2H4O.CH5N/c1-8(11)10-7-9-5-3-2-4-6-9;1-2-3;1-2/h2-6H,7H2,1H3,(H,10,11);2H,1H3;2H2,1H3. The van der Waals surface area contributed by atoms with Crippen LogP contribution >= 0.6 is 0 Å². The zero-order chi connectivity index (χ0) is 12.8. The molecule has 0 saturated carbocycles. The fraction of sp³-hybridized carbons (Fsp3) is 0.333. The summed E-state index contributed by atoms with van der Waals surface area (Å²) in [5.41, 5.74) is 5.63. The Morgan fingerprint density at radius 3 is 2.12 bits per heavy atom. The van der Waals surface area contributed by atoms with E-state index in [1.165, 1.54) is 20.9 Å². The number of hydrogen-bond acceptors (Lipinski definition) is 3. The zero-order valence-corrected chi connectivity index (χ0v) is 10.1. The highest BCUT2D eigenvalue weighted by Gasteiger charge is 1.91. The van der Waals surface area contributed by atoms with Crippen LogP contribution in [-0.2, 0) is 16.1 Å². The minimum atomic E-state index is 0.00820. The van der Waals surface area contributed by atoms with Crippen molar-refractivity contribution in [2.24, 2.45) is 5.73 Å². The molecule has 90 valence electrons. The van der Waals surface area contributed by atoms with E-state index in [0.29, 0.717) is 6.54 Å². The highest BCUT2D eigenvalue weighted by atomic mass is 16.1. The Hall–Kier alpha value is -1.68. The number of benzene rings is 1. The van der Waals surface area contributed by atoms with Crippen molar-refractivity contribution in [3.8, 4) is 0 Å². The molecule has 0 aliphatic carbocycles. The Labute approximate surface area is 96.8 Å². The van der Waals surface area contributed by atoms with Gasteiger partial charge in [-0.3, -0.25) is 4.79 Å². The van der Waals surface area contributed by atoms with Gasteiger partial charge in [-0.2, -0.15) is 0 Å². The Kier molecular flexibility index (Phi) is 13.9. The number of carbonyl (C=O) groups excluding carboxylic acids is 2. The Morgan fingerprint density at radius 1 is 1.31 bits per heavy atom. The molecule has 4 heteroatoms. The van der Waals surface area contributed by atoms with Gasteiger partial charge in [0.1, 0.15) is 6.29 Å². The average Bonchev–Trinajstić information content (AvgIpc) is 2.31. The lowest BCUT2D eigenvalue weighted by molar-refractivity contribution is -0.119. The van der Waals surface area contributed by atoms with E-state index in [9.17, 15) is 4.79 Å². The quantitative estimate of drug-likeness (QED) is 0.739. The molecule has 0 unspecified atom stereocenters. The lowest BCUT2D eigenvalue weighted by Crippen LogP contribution is -2.18. The van der Waals surface area contributed by atoms with Gasteiger partial charge in [0.25, 0.3) is 0 Å². The van der Waals surface area contributed by atoms with Gasteiger partial charge in [-0.05, 0) is 19.5 Å². The second kappa shape index (κ2) is 13.3. The molecular weight excluding hydrogens is 204 g/mol. The molecule has 1 aromatic carbocycles. The van der Waals surface area contributed by atoms with Crippen LogP contribution in [0.15, 0.2) is 30.3 Å². The van der Waals surface area contributed by atoms with Crippen molar-refractivity contribution in [2.45, 2.75) is 20.4 Å². The van der Waals surface area contributed by atoms with E-state index in [1.807, 2.05) is 30.3 Å². The van der Waals surface area contributed by atoms with Crippen LogP contribution in [-0.4, -0.2) is 19.2 Å². The van der Waals surface area contributed by atoms with E-state index in [1.54, 1.807) is 0 Å². The molecule has 0 atom stereocenters. The molecule has 0 bridgehead atoms. The third kappa shape index (κ3) is 12.3. The van der Waals surface area contributed by atoms with Gasteiger partial charge < -0.3 is 15.8 Å². The maximum absolute atomic E-state index is 10.5. The highest BCUT2D eigenvalue weighted by Crippen LogP contribution is 1.96. The molecule has 0 aliphatic heterocycles. The van der Waals surface area contributed by atoms with E-state index < -0.39 is 0 Å². The topological polar surface area (TPSA) is 72.2 Å². The first-order valence-corrected chi connectivity index (χ1v) is 4.96. The van der Waals surface area contributed by atoms with E-state index >= 15 is 0 Å². The lowest BCUT2D eigenvalue weighted by Gasteiger charge is -2.00. The summed E-state index contributed by atoms with van der Waals surface area (Å²) in [5, 5.41) is 2.72. The molecular formula is C12H20N2O2. The smallest absolute Gasteiger partial charge is 0.217 e. The van der Waals surface area contributed by atoms with Crippen LogP contribution in [0.2, 0.25) is 0 Å². The number of aldehydes is 1. The maximum Gasteiger partial charge on any atom is 0.217 e. The molecule has 3 N–H and O–H groups in total. The molecule has 0 radical (unpaired) electrons. The summed E-state index contributed by atoms with van der Waals surface area (Å²) in [7, 11) is 1.50. The number of nitrogens with two attached hydrogens (primary N) is 1. The average molecular weight is 224 g/mol. The summed E-state index contributed by atoms with van der Waals surface area (Å²) in [6.07, 6.45) is 0.750. The van der Waals surface area contributed by atoms with Gasteiger partial charge in [0.05, 0.1) is 0 Å². The van der Waals surface area contributed by atoms with Crippen molar-refractivity contribution in [3.05, 3.63) is 35.9 Å². The lowest BCUT2D eigenvalue weighted by atomic mass is 10.2. The molecule has 0 fully saturated rings. The summed E-state index contributed by atoms with van der Waals surface area (Å²) >= 11 is 0. The molecule has 1 aromatic rings. The van der Waals surface area contributed by atoms with E-state index in [-0.39, 0.29) is 5.91 Å². The van der Waals surface area contributed by atoms with E-state index in [4.69, 9.17) is 4.79 Å². The van der Waals surface area contributed by atoms with Gasteiger partial charge in [-0.15, -0.1) is 0 Å². The third-order valence-electron chi connectivity index (χ3n) is 1.38. The van der Waals surface area contributed by atoms with Crippen LogP contribution in [0.25, 0.3) is 0 Å². The number of amides is 1. The van der Waals surface area contributed by atoms with E-state index in [0.717, 1.165) is 11.8 Å². The van der Waals surface area contributed by atoms with Crippen molar-refractivity contribution >= 4 is 12.2 Å². The van der Waals surface area contributed by atoms with Crippen molar-refractivity contribution in [3.63, 3.8) is 0 Å². The first-order valence-electron chi connectivity index (χ1n) is 4.96. The van der Waals surface area contributed by atoms with Crippen LogP contribution in [0.3, 0.4) is 0 Å². The third-order valence-corrected chi connectivity index (χ3v) is 1.38. The van der Waals surface area contributed by atoms with E-state index in [2.05, 4.69) is 11.1 Å².